The van der Waals surface area contributed by atoms with Crippen molar-refractivity contribution in [1.82, 2.24) is 4.31 Å². The van der Waals surface area contributed by atoms with E-state index in [1.807, 2.05) is 6.92 Å². The lowest BCUT2D eigenvalue weighted by Crippen LogP contribution is -2.27. The molecule has 0 aliphatic heterocycles. The van der Waals surface area contributed by atoms with E-state index < -0.39 is 10.0 Å². The number of sulfonamides is 1. The highest BCUT2D eigenvalue weighted by atomic mass is 79.9. The topological polar surface area (TPSA) is 76.5 Å². The molecule has 0 atom stereocenters. The number of hydrogen-bond donors (Lipinski definition) is 1. The lowest BCUT2D eigenvalue weighted by atomic mass is 10.3. The standard InChI is InChI=1S/C13H15BrN2O3S/c1-9-3-5-11(19-9)8-16(2)20(17,18)13-7-10(14)4-6-12(13)15/h3-7H,8,15H2,1-2H3. The van der Waals surface area contributed by atoms with Gasteiger partial charge < -0.3 is 10.2 Å². The highest BCUT2D eigenvalue weighted by Gasteiger charge is 2.24. The Labute approximate surface area is 126 Å². The quantitative estimate of drug-likeness (QED) is 0.852. The van der Waals surface area contributed by atoms with E-state index in [1.54, 1.807) is 24.3 Å². The summed E-state index contributed by atoms with van der Waals surface area (Å²) in [6.45, 7) is 1.96. The number of nitrogens with zero attached hydrogens (tertiary/aromatic N) is 1. The van der Waals surface area contributed by atoms with Gasteiger partial charge in [-0.2, -0.15) is 4.31 Å². The van der Waals surface area contributed by atoms with E-state index in [0.29, 0.717) is 10.2 Å². The average molecular weight is 359 g/mol. The van der Waals surface area contributed by atoms with Crippen molar-refractivity contribution in [1.29, 1.82) is 0 Å². The van der Waals surface area contributed by atoms with E-state index in [1.165, 1.54) is 17.4 Å². The highest BCUT2D eigenvalue weighted by molar-refractivity contribution is 9.10. The Hall–Kier alpha value is -1.31. The summed E-state index contributed by atoms with van der Waals surface area (Å²) in [6.07, 6.45) is 0. The third-order valence-electron chi connectivity index (χ3n) is 2.84. The minimum atomic E-state index is -3.66. The molecule has 108 valence electrons. The van der Waals surface area contributed by atoms with Crippen LogP contribution in [-0.4, -0.2) is 19.8 Å². The fraction of sp³-hybridized carbons (Fsp3) is 0.231. The lowest BCUT2D eigenvalue weighted by molar-refractivity contribution is 0.397. The molecule has 2 rings (SSSR count). The molecule has 0 unspecified atom stereocenters. The lowest BCUT2D eigenvalue weighted by Gasteiger charge is -2.17. The largest absolute Gasteiger partial charge is 0.465 e. The third kappa shape index (κ3) is 3.05. The molecule has 0 spiro atoms. The van der Waals surface area contributed by atoms with Crippen molar-refractivity contribution in [3.63, 3.8) is 0 Å². The summed E-state index contributed by atoms with van der Waals surface area (Å²) in [5.74, 6) is 1.33. The Bertz CT molecular complexity index is 725. The van der Waals surface area contributed by atoms with Gasteiger partial charge in [0, 0.05) is 11.5 Å². The molecule has 2 aromatic rings. The molecule has 1 aromatic carbocycles. The molecule has 20 heavy (non-hydrogen) atoms. The molecular formula is C13H15BrN2O3S. The Kier molecular flexibility index (Phi) is 4.22. The number of benzene rings is 1. The second-order valence-electron chi connectivity index (χ2n) is 4.46. The van der Waals surface area contributed by atoms with Crippen LogP contribution in [0.3, 0.4) is 0 Å². The maximum absolute atomic E-state index is 12.5. The minimum absolute atomic E-state index is 0.0812. The van der Waals surface area contributed by atoms with Crippen molar-refractivity contribution in [3.8, 4) is 0 Å². The number of hydrogen-bond acceptors (Lipinski definition) is 4. The van der Waals surface area contributed by atoms with Crippen LogP contribution in [0.1, 0.15) is 11.5 Å². The molecule has 7 heteroatoms. The molecule has 2 N–H and O–H groups in total. The minimum Gasteiger partial charge on any atom is -0.465 e. The summed E-state index contributed by atoms with van der Waals surface area (Å²) < 4.78 is 32.3. The van der Waals surface area contributed by atoms with Gasteiger partial charge in [0.2, 0.25) is 10.0 Å². The van der Waals surface area contributed by atoms with Crippen molar-refractivity contribution < 1.29 is 12.8 Å². The predicted molar refractivity (Wildman–Crippen MR) is 80.7 cm³/mol. The first-order valence-corrected chi connectivity index (χ1v) is 8.10. The average Bonchev–Trinajstić information content (AvgIpc) is 2.77. The van der Waals surface area contributed by atoms with Crippen LogP contribution in [0.4, 0.5) is 5.69 Å². The fourth-order valence-electron chi connectivity index (χ4n) is 1.77. The Morgan fingerprint density at radius 2 is 2.00 bits per heavy atom. The van der Waals surface area contributed by atoms with Gasteiger partial charge in [0.15, 0.2) is 0 Å². The van der Waals surface area contributed by atoms with Crippen LogP contribution in [0.5, 0.6) is 0 Å². The number of aryl methyl sites for hydroxylation is 1. The molecule has 0 aliphatic rings. The number of nitrogens with two attached hydrogens (primary N) is 1. The molecule has 5 nitrogen and oxygen atoms in total. The van der Waals surface area contributed by atoms with Gasteiger partial charge in [0.25, 0.3) is 0 Å². The first-order chi connectivity index (χ1) is 9.30. The Morgan fingerprint density at radius 1 is 1.30 bits per heavy atom. The molecule has 0 radical (unpaired) electrons. The van der Waals surface area contributed by atoms with Gasteiger partial charge in [-0.1, -0.05) is 15.9 Å². The van der Waals surface area contributed by atoms with Crippen LogP contribution >= 0.6 is 15.9 Å². The van der Waals surface area contributed by atoms with Gasteiger partial charge in [-0.25, -0.2) is 8.42 Å². The summed E-state index contributed by atoms with van der Waals surface area (Å²) in [5, 5.41) is 0. The predicted octanol–water partition coefficient (Wildman–Crippen LogP) is 2.75. The number of nitrogen functional groups attached to an aromatic ring is 1. The summed E-state index contributed by atoms with van der Waals surface area (Å²) in [4.78, 5) is 0.0812. The Morgan fingerprint density at radius 3 is 2.60 bits per heavy atom. The number of rotatable bonds is 4. The van der Waals surface area contributed by atoms with Gasteiger partial charge in [-0.3, -0.25) is 0 Å². The molecule has 0 fully saturated rings. The van der Waals surface area contributed by atoms with Gasteiger partial charge >= 0.3 is 0 Å². The smallest absolute Gasteiger partial charge is 0.245 e. The van der Waals surface area contributed by atoms with Crippen LogP contribution in [-0.2, 0) is 16.6 Å². The van der Waals surface area contributed by atoms with E-state index in [0.717, 1.165) is 5.76 Å². The van der Waals surface area contributed by atoms with Crippen LogP contribution in [0.25, 0.3) is 0 Å². The van der Waals surface area contributed by atoms with Crippen molar-refractivity contribution in [2.75, 3.05) is 12.8 Å². The second kappa shape index (κ2) is 5.59. The molecule has 0 bridgehead atoms. The van der Waals surface area contributed by atoms with Crippen LogP contribution < -0.4 is 5.73 Å². The van der Waals surface area contributed by atoms with Crippen LogP contribution in [0, 0.1) is 6.92 Å². The zero-order chi connectivity index (χ0) is 14.9. The molecule has 1 aromatic heterocycles. The number of halogens is 1. The number of anilines is 1. The summed E-state index contributed by atoms with van der Waals surface area (Å²) in [5.41, 5.74) is 5.98. The fourth-order valence-corrected chi connectivity index (χ4v) is 3.56. The van der Waals surface area contributed by atoms with Crippen molar-refractivity contribution in [2.45, 2.75) is 18.4 Å². The van der Waals surface area contributed by atoms with E-state index >= 15 is 0 Å². The van der Waals surface area contributed by atoms with E-state index in [9.17, 15) is 8.42 Å². The Balaban J connectivity index is 2.32. The van der Waals surface area contributed by atoms with Gasteiger partial charge in [-0.15, -0.1) is 0 Å². The van der Waals surface area contributed by atoms with Crippen molar-refractivity contribution in [3.05, 3.63) is 46.3 Å². The molecular weight excluding hydrogens is 344 g/mol. The summed E-state index contributed by atoms with van der Waals surface area (Å²) in [6, 6.07) is 8.30. The van der Waals surface area contributed by atoms with Crippen LogP contribution in [0.15, 0.2) is 44.1 Å². The maximum atomic E-state index is 12.5. The molecule has 0 amide bonds. The molecule has 1 heterocycles. The molecule has 0 aliphatic carbocycles. The van der Waals surface area contributed by atoms with E-state index in [4.69, 9.17) is 10.2 Å². The monoisotopic (exact) mass is 358 g/mol. The van der Waals surface area contributed by atoms with Gasteiger partial charge in [0.05, 0.1) is 12.2 Å². The zero-order valence-electron chi connectivity index (χ0n) is 11.1. The van der Waals surface area contributed by atoms with Gasteiger partial charge in [-0.05, 0) is 37.3 Å². The van der Waals surface area contributed by atoms with E-state index in [2.05, 4.69) is 15.9 Å². The van der Waals surface area contributed by atoms with Gasteiger partial charge in [0.1, 0.15) is 16.4 Å². The first-order valence-electron chi connectivity index (χ1n) is 5.87. The molecule has 0 saturated carbocycles. The van der Waals surface area contributed by atoms with Crippen molar-refractivity contribution >= 4 is 31.6 Å². The maximum Gasteiger partial charge on any atom is 0.245 e. The van der Waals surface area contributed by atoms with Crippen molar-refractivity contribution in [2.24, 2.45) is 0 Å². The number of furan rings is 1. The third-order valence-corrected chi connectivity index (χ3v) is 5.19. The summed E-state index contributed by atoms with van der Waals surface area (Å²) in [7, 11) is -2.17. The van der Waals surface area contributed by atoms with E-state index in [-0.39, 0.29) is 17.1 Å². The molecule has 0 saturated heterocycles. The first kappa shape index (κ1) is 15.1. The highest BCUT2D eigenvalue weighted by Crippen LogP contribution is 2.26. The second-order valence-corrected chi connectivity index (χ2v) is 7.38. The zero-order valence-corrected chi connectivity index (χ0v) is 13.5. The SMILES string of the molecule is Cc1ccc(CN(C)S(=O)(=O)c2cc(Br)ccc2N)o1. The van der Waals surface area contributed by atoms with Crippen LogP contribution in [0.2, 0.25) is 0 Å². The normalized spacial score (nSPS) is 12.0. The summed E-state index contributed by atoms with van der Waals surface area (Å²) >= 11 is 3.25.